The molecule has 5 N–H and O–H groups in total. The Bertz CT molecular complexity index is 697. The first kappa shape index (κ1) is 17.9. The second-order valence-electron chi connectivity index (χ2n) is 5.45. The van der Waals surface area contributed by atoms with E-state index in [-0.39, 0.29) is 18.0 Å². The summed E-state index contributed by atoms with van der Waals surface area (Å²) in [6.45, 7) is 4.28. The Labute approximate surface area is 144 Å². The summed E-state index contributed by atoms with van der Waals surface area (Å²) in [6, 6.07) is 6.67. The summed E-state index contributed by atoms with van der Waals surface area (Å²) in [7, 11) is 0. The molecule has 2 rings (SSSR count). The van der Waals surface area contributed by atoms with Crippen LogP contribution in [-0.2, 0) is 6.42 Å². The summed E-state index contributed by atoms with van der Waals surface area (Å²) >= 11 is 1.42. The molecule has 0 atom stereocenters. The lowest BCUT2D eigenvalue weighted by Gasteiger charge is -2.10. The van der Waals surface area contributed by atoms with Crippen molar-refractivity contribution in [3.8, 4) is 0 Å². The zero-order valence-electron chi connectivity index (χ0n) is 13.6. The molecule has 0 unspecified atom stereocenters. The van der Waals surface area contributed by atoms with Gasteiger partial charge in [0.25, 0.3) is 5.91 Å². The maximum Gasteiger partial charge on any atom is 0.319 e. The predicted octanol–water partition coefficient (Wildman–Crippen LogP) is 2.43. The van der Waals surface area contributed by atoms with E-state index in [9.17, 15) is 9.59 Å². The van der Waals surface area contributed by atoms with Crippen LogP contribution in [0.4, 0.5) is 16.2 Å². The van der Waals surface area contributed by atoms with E-state index in [1.165, 1.54) is 11.3 Å². The Morgan fingerprint density at radius 1 is 1.17 bits per heavy atom. The fourth-order valence-electron chi connectivity index (χ4n) is 1.91. The summed E-state index contributed by atoms with van der Waals surface area (Å²) in [6.07, 6.45) is 0.663. The number of amides is 3. The molecule has 2 aromatic rings. The Balaban J connectivity index is 1.93. The van der Waals surface area contributed by atoms with E-state index < -0.39 is 0 Å². The van der Waals surface area contributed by atoms with Crippen LogP contribution in [0.2, 0.25) is 0 Å². The smallest absolute Gasteiger partial charge is 0.319 e. The first-order chi connectivity index (χ1) is 11.5. The van der Waals surface area contributed by atoms with Crippen LogP contribution in [0.1, 0.15) is 29.3 Å². The first-order valence-corrected chi connectivity index (χ1v) is 8.49. The topological polar surface area (TPSA) is 109 Å². The Morgan fingerprint density at radius 3 is 2.38 bits per heavy atom. The maximum atomic E-state index is 12.1. The zero-order chi connectivity index (χ0) is 17.5. The molecule has 8 heteroatoms. The van der Waals surface area contributed by atoms with Gasteiger partial charge in [-0.25, -0.2) is 9.78 Å². The minimum absolute atomic E-state index is 0.0610. The molecule has 0 saturated heterocycles. The van der Waals surface area contributed by atoms with E-state index in [1.807, 2.05) is 13.8 Å². The highest BCUT2D eigenvalue weighted by Gasteiger charge is 2.11. The van der Waals surface area contributed by atoms with Crippen molar-refractivity contribution < 1.29 is 9.59 Å². The summed E-state index contributed by atoms with van der Waals surface area (Å²) in [4.78, 5) is 28.0. The molecule has 24 heavy (non-hydrogen) atoms. The third-order valence-corrected chi connectivity index (χ3v) is 3.87. The number of carbonyl (C=O) groups excluding carboxylic acids is 2. The number of rotatable bonds is 6. The van der Waals surface area contributed by atoms with Crippen molar-refractivity contribution in [2.45, 2.75) is 26.3 Å². The van der Waals surface area contributed by atoms with Gasteiger partial charge in [0.1, 0.15) is 5.69 Å². The number of nitrogens with zero attached hydrogens (tertiary/aromatic N) is 1. The molecule has 1 aromatic heterocycles. The normalized spacial score (nSPS) is 10.5. The minimum Gasteiger partial charge on any atom is -0.336 e. The molecular formula is C16H21N5O2S. The SMILES string of the molecule is CC(C)NC(=O)Nc1ccc(NC(=O)c2csc(CCN)n2)cc1. The van der Waals surface area contributed by atoms with Crippen molar-refractivity contribution in [1.82, 2.24) is 10.3 Å². The van der Waals surface area contributed by atoms with Crippen molar-refractivity contribution in [3.05, 3.63) is 40.3 Å². The van der Waals surface area contributed by atoms with Crippen LogP contribution in [0.25, 0.3) is 0 Å². The minimum atomic E-state index is -0.271. The fourth-order valence-corrected chi connectivity index (χ4v) is 2.71. The van der Waals surface area contributed by atoms with Gasteiger partial charge in [-0.15, -0.1) is 11.3 Å². The molecule has 0 bridgehead atoms. The summed E-state index contributed by atoms with van der Waals surface area (Å²) < 4.78 is 0. The van der Waals surface area contributed by atoms with Crippen LogP contribution in [0.5, 0.6) is 0 Å². The van der Waals surface area contributed by atoms with Gasteiger partial charge in [-0.05, 0) is 44.7 Å². The highest BCUT2D eigenvalue weighted by molar-refractivity contribution is 7.09. The quantitative estimate of drug-likeness (QED) is 0.643. The van der Waals surface area contributed by atoms with Crippen LogP contribution in [0, 0.1) is 0 Å². The van der Waals surface area contributed by atoms with Crippen LogP contribution >= 0.6 is 11.3 Å². The Kier molecular flexibility index (Phi) is 6.28. The number of aromatic nitrogens is 1. The van der Waals surface area contributed by atoms with Gasteiger partial charge < -0.3 is 21.7 Å². The third kappa shape index (κ3) is 5.32. The average molecular weight is 347 g/mol. The van der Waals surface area contributed by atoms with Crippen molar-refractivity contribution in [2.75, 3.05) is 17.2 Å². The molecule has 1 aromatic carbocycles. The lowest BCUT2D eigenvalue weighted by molar-refractivity contribution is 0.102. The molecule has 0 fully saturated rings. The van der Waals surface area contributed by atoms with Crippen LogP contribution in [0.3, 0.4) is 0 Å². The van der Waals surface area contributed by atoms with Gasteiger partial charge in [-0.3, -0.25) is 4.79 Å². The molecule has 0 aliphatic heterocycles. The molecule has 0 aliphatic rings. The molecule has 1 heterocycles. The Morgan fingerprint density at radius 2 is 1.79 bits per heavy atom. The molecule has 0 spiro atoms. The molecular weight excluding hydrogens is 326 g/mol. The van der Waals surface area contributed by atoms with Gasteiger partial charge in [0.2, 0.25) is 0 Å². The van der Waals surface area contributed by atoms with Crippen molar-refractivity contribution in [2.24, 2.45) is 5.73 Å². The van der Waals surface area contributed by atoms with E-state index in [2.05, 4.69) is 20.9 Å². The lowest BCUT2D eigenvalue weighted by atomic mass is 10.2. The number of nitrogens with one attached hydrogen (secondary N) is 3. The van der Waals surface area contributed by atoms with Crippen molar-refractivity contribution in [1.29, 1.82) is 0 Å². The van der Waals surface area contributed by atoms with Gasteiger partial charge >= 0.3 is 6.03 Å². The van der Waals surface area contributed by atoms with Crippen molar-refractivity contribution in [3.63, 3.8) is 0 Å². The average Bonchev–Trinajstić information content (AvgIpc) is 2.97. The highest BCUT2D eigenvalue weighted by Crippen LogP contribution is 2.16. The monoisotopic (exact) mass is 347 g/mol. The number of anilines is 2. The standard InChI is InChI=1S/C16H21N5O2S/c1-10(2)18-16(23)20-12-5-3-11(4-6-12)19-15(22)13-9-24-14(21-13)7-8-17/h3-6,9-10H,7-8,17H2,1-2H3,(H,19,22)(H2,18,20,23). The van der Waals surface area contributed by atoms with Crippen molar-refractivity contribution >= 4 is 34.6 Å². The largest absolute Gasteiger partial charge is 0.336 e. The summed E-state index contributed by atoms with van der Waals surface area (Å²) in [5, 5.41) is 10.8. The molecule has 3 amide bonds. The first-order valence-electron chi connectivity index (χ1n) is 7.61. The number of urea groups is 1. The lowest BCUT2D eigenvalue weighted by Crippen LogP contribution is -2.34. The van der Waals surface area contributed by atoms with Gasteiger partial charge in [0.15, 0.2) is 0 Å². The van der Waals surface area contributed by atoms with E-state index in [0.29, 0.717) is 30.0 Å². The van der Waals surface area contributed by atoms with Crippen LogP contribution < -0.4 is 21.7 Å². The number of hydrogen-bond donors (Lipinski definition) is 4. The summed E-state index contributed by atoms with van der Waals surface area (Å²) in [5.41, 5.74) is 7.12. The number of thiazole rings is 1. The molecule has 0 saturated carbocycles. The second-order valence-corrected chi connectivity index (χ2v) is 6.39. The number of benzene rings is 1. The van der Waals surface area contributed by atoms with Gasteiger partial charge in [-0.1, -0.05) is 0 Å². The maximum absolute atomic E-state index is 12.1. The third-order valence-electron chi connectivity index (χ3n) is 2.96. The second kappa shape index (κ2) is 8.42. The molecule has 128 valence electrons. The van der Waals surface area contributed by atoms with E-state index in [0.717, 1.165) is 5.01 Å². The van der Waals surface area contributed by atoms with Gasteiger partial charge in [-0.2, -0.15) is 0 Å². The number of carbonyl (C=O) groups is 2. The number of hydrogen-bond acceptors (Lipinski definition) is 5. The predicted molar refractivity (Wildman–Crippen MR) is 96.6 cm³/mol. The van der Waals surface area contributed by atoms with Gasteiger partial charge in [0, 0.05) is 29.2 Å². The summed E-state index contributed by atoms with van der Waals surface area (Å²) in [5.74, 6) is -0.271. The van der Waals surface area contributed by atoms with Crippen LogP contribution in [0.15, 0.2) is 29.6 Å². The van der Waals surface area contributed by atoms with Gasteiger partial charge in [0.05, 0.1) is 5.01 Å². The molecule has 7 nitrogen and oxygen atoms in total. The fraction of sp³-hybridized carbons (Fsp3) is 0.312. The highest BCUT2D eigenvalue weighted by atomic mass is 32.1. The van der Waals surface area contributed by atoms with E-state index in [1.54, 1.807) is 29.6 Å². The van der Waals surface area contributed by atoms with E-state index in [4.69, 9.17) is 5.73 Å². The zero-order valence-corrected chi connectivity index (χ0v) is 14.4. The molecule has 0 radical (unpaired) electrons. The van der Waals surface area contributed by atoms with E-state index >= 15 is 0 Å². The molecule has 0 aliphatic carbocycles. The Hall–Kier alpha value is -2.45. The number of nitrogens with two attached hydrogens (primary N) is 1. The van der Waals surface area contributed by atoms with Crippen LogP contribution in [-0.4, -0.2) is 29.5 Å².